The van der Waals surface area contributed by atoms with Crippen molar-refractivity contribution < 1.29 is 8.42 Å². The monoisotopic (exact) mass is 387 g/mol. The van der Waals surface area contributed by atoms with Gasteiger partial charge in [0.05, 0.1) is 16.1 Å². The molecule has 0 fully saturated rings. The number of nitrogens with one attached hydrogen (secondary N) is 1. The molecule has 0 amide bonds. The maximum absolute atomic E-state index is 12.5. The number of fused-ring (bicyclic) bond motifs is 1. The van der Waals surface area contributed by atoms with Crippen molar-refractivity contribution >= 4 is 61.7 Å². The molecule has 0 radical (unpaired) electrons. The number of hydrogen-bond donors (Lipinski definition) is 1. The fourth-order valence-electron chi connectivity index (χ4n) is 1.91. The van der Waals surface area contributed by atoms with E-state index in [1.807, 2.05) is 0 Å². The smallest absolute Gasteiger partial charge is 0.261 e. The SMILES string of the molecule is O=S(=O)(Nc1nc2ccccc2nc1Cl)c1cc(Cl)ccc1Cl. The summed E-state index contributed by atoms with van der Waals surface area (Å²) in [5.74, 6) is -0.0820. The van der Waals surface area contributed by atoms with E-state index in [0.717, 1.165) is 0 Å². The first-order valence-corrected chi connectivity index (χ1v) is 8.89. The van der Waals surface area contributed by atoms with Crippen molar-refractivity contribution in [3.05, 3.63) is 57.7 Å². The maximum Gasteiger partial charge on any atom is 0.264 e. The van der Waals surface area contributed by atoms with Crippen molar-refractivity contribution in [3.63, 3.8) is 0 Å². The van der Waals surface area contributed by atoms with Gasteiger partial charge < -0.3 is 0 Å². The van der Waals surface area contributed by atoms with Crippen LogP contribution in [0.15, 0.2) is 47.4 Å². The Morgan fingerprint density at radius 1 is 0.913 bits per heavy atom. The van der Waals surface area contributed by atoms with Crippen LogP contribution in [0.5, 0.6) is 0 Å². The maximum atomic E-state index is 12.5. The highest BCUT2D eigenvalue weighted by Gasteiger charge is 2.21. The van der Waals surface area contributed by atoms with Gasteiger partial charge in [-0.1, -0.05) is 46.9 Å². The number of halogens is 3. The Bertz CT molecular complexity index is 1010. The Hall–Kier alpha value is -1.60. The number of rotatable bonds is 3. The zero-order valence-corrected chi connectivity index (χ0v) is 14.4. The molecule has 0 aliphatic rings. The van der Waals surface area contributed by atoms with Crippen LogP contribution in [0, 0.1) is 0 Å². The number of hydrogen-bond acceptors (Lipinski definition) is 4. The standard InChI is InChI=1S/C14H8Cl3N3O2S/c15-8-5-6-9(16)12(7-8)23(21,22)20-14-13(17)18-10-3-1-2-4-11(10)19-14/h1-7H,(H,19,20). The first kappa shape index (κ1) is 16.3. The molecule has 0 atom stereocenters. The molecule has 23 heavy (non-hydrogen) atoms. The molecule has 0 unspecified atom stereocenters. The quantitative estimate of drug-likeness (QED) is 0.722. The average Bonchev–Trinajstić information content (AvgIpc) is 2.50. The largest absolute Gasteiger partial charge is 0.264 e. The summed E-state index contributed by atoms with van der Waals surface area (Å²) in [5, 5.41) is 0.211. The first-order valence-electron chi connectivity index (χ1n) is 6.27. The topological polar surface area (TPSA) is 72.0 Å². The van der Waals surface area contributed by atoms with E-state index in [4.69, 9.17) is 34.8 Å². The lowest BCUT2D eigenvalue weighted by molar-refractivity contribution is 0.601. The van der Waals surface area contributed by atoms with E-state index in [0.29, 0.717) is 11.0 Å². The number of anilines is 1. The third-order valence-corrected chi connectivity index (χ3v) is 5.26. The second-order valence-corrected chi connectivity index (χ2v) is 7.38. The van der Waals surface area contributed by atoms with Crippen LogP contribution in [0.1, 0.15) is 0 Å². The van der Waals surface area contributed by atoms with E-state index in [1.54, 1.807) is 24.3 Å². The highest BCUT2D eigenvalue weighted by Crippen LogP contribution is 2.28. The molecular formula is C14H8Cl3N3O2S. The lowest BCUT2D eigenvalue weighted by Gasteiger charge is -2.10. The lowest BCUT2D eigenvalue weighted by Crippen LogP contribution is -2.15. The van der Waals surface area contributed by atoms with E-state index < -0.39 is 10.0 Å². The lowest BCUT2D eigenvalue weighted by atomic mass is 10.3. The Morgan fingerprint density at radius 3 is 2.26 bits per heavy atom. The van der Waals surface area contributed by atoms with Crippen LogP contribution in [-0.2, 0) is 10.0 Å². The molecule has 9 heteroatoms. The third kappa shape index (κ3) is 3.35. The van der Waals surface area contributed by atoms with Gasteiger partial charge in [0, 0.05) is 5.02 Å². The van der Waals surface area contributed by atoms with E-state index in [-0.39, 0.29) is 25.9 Å². The Labute approximate surface area is 147 Å². The van der Waals surface area contributed by atoms with Gasteiger partial charge in [0.2, 0.25) is 0 Å². The van der Waals surface area contributed by atoms with Crippen LogP contribution in [0.4, 0.5) is 5.82 Å². The molecule has 3 rings (SSSR count). The zero-order valence-electron chi connectivity index (χ0n) is 11.3. The fourth-order valence-corrected chi connectivity index (χ4v) is 3.92. The van der Waals surface area contributed by atoms with Gasteiger partial charge >= 0.3 is 0 Å². The fraction of sp³-hybridized carbons (Fsp3) is 0. The molecule has 2 aromatic carbocycles. The Morgan fingerprint density at radius 2 is 1.57 bits per heavy atom. The molecular weight excluding hydrogens is 381 g/mol. The molecule has 5 nitrogen and oxygen atoms in total. The van der Waals surface area contributed by atoms with Crippen molar-refractivity contribution in [2.45, 2.75) is 4.90 Å². The molecule has 0 bridgehead atoms. The minimum absolute atomic E-state index is 0.0340. The second kappa shape index (κ2) is 6.13. The third-order valence-electron chi connectivity index (χ3n) is 2.94. The minimum atomic E-state index is -4.01. The molecule has 3 aromatic rings. The van der Waals surface area contributed by atoms with Crippen LogP contribution in [-0.4, -0.2) is 18.4 Å². The molecule has 0 aliphatic carbocycles. The van der Waals surface area contributed by atoms with E-state index in [2.05, 4.69) is 14.7 Å². The van der Waals surface area contributed by atoms with Crippen molar-refractivity contribution in [1.29, 1.82) is 0 Å². The predicted molar refractivity (Wildman–Crippen MR) is 91.8 cm³/mol. The van der Waals surface area contributed by atoms with Gasteiger partial charge in [-0.15, -0.1) is 0 Å². The molecule has 118 valence electrons. The summed E-state index contributed by atoms with van der Waals surface area (Å²) in [4.78, 5) is 8.12. The highest BCUT2D eigenvalue weighted by molar-refractivity contribution is 7.92. The van der Waals surface area contributed by atoms with Crippen molar-refractivity contribution in [2.24, 2.45) is 0 Å². The normalized spacial score (nSPS) is 11.6. The second-order valence-electron chi connectivity index (χ2n) is 4.53. The van der Waals surface area contributed by atoms with Crippen LogP contribution in [0.3, 0.4) is 0 Å². The van der Waals surface area contributed by atoms with Gasteiger partial charge in [-0.3, -0.25) is 4.72 Å². The molecule has 1 heterocycles. The summed E-state index contributed by atoms with van der Waals surface area (Å²) in [6.07, 6.45) is 0. The number of nitrogens with zero attached hydrogens (tertiary/aromatic N) is 2. The number of para-hydroxylation sites is 2. The highest BCUT2D eigenvalue weighted by atomic mass is 35.5. The van der Waals surface area contributed by atoms with E-state index >= 15 is 0 Å². The zero-order chi connectivity index (χ0) is 16.6. The van der Waals surface area contributed by atoms with Gasteiger partial charge in [0.25, 0.3) is 10.0 Å². The summed E-state index contributed by atoms with van der Waals surface area (Å²) < 4.78 is 27.3. The van der Waals surface area contributed by atoms with Crippen molar-refractivity contribution in [1.82, 2.24) is 9.97 Å². The van der Waals surface area contributed by atoms with Crippen LogP contribution >= 0.6 is 34.8 Å². The summed E-state index contributed by atoms with van der Waals surface area (Å²) in [5.41, 5.74) is 1.06. The molecule has 0 saturated carbocycles. The molecule has 0 spiro atoms. The van der Waals surface area contributed by atoms with Gasteiger partial charge in [-0.25, -0.2) is 18.4 Å². The average molecular weight is 389 g/mol. The molecule has 0 aliphatic heterocycles. The van der Waals surface area contributed by atoms with Gasteiger partial charge in [0.1, 0.15) is 4.90 Å². The summed E-state index contributed by atoms with van der Waals surface area (Å²) in [7, 11) is -4.01. The van der Waals surface area contributed by atoms with Gasteiger partial charge in [-0.05, 0) is 30.3 Å². The first-order chi connectivity index (χ1) is 10.9. The van der Waals surface area contributed by atoms with Crippen molar-refractivity contribution in [3.8, 4) is 0 Å². The van der Waals surface area contributed by atoms with Crippen molar-refractivity contribution in [2.75, 3.05) is 4.72 Å². The molecule has 0 saturated heterocycles. The number of aromatic nitrogens is 2. The molecule has 1 aromatic heterocycles. The number of sulfonamides is 1. The summed E-state index contributed by atoms with van der Waals surface area (Å²) in [6.45, 7) is 0. The van der Waals surface area contributed by atoms with Crippen LogP contribution in [0.25, 0.3) is 11.0 Å². The van der Waals surface area contributed by atoms with Crippen LogP contribution < -0.4 is 4.72 Å². The Balaban J connectivity index is 2.07. The van der Waals surface area contributed by atoms with E-state index in [9.17, 15) is 8.42 Å². The van der Waals surface area contributed by atoms with Crippen LogP contribution in [0.2, 0.25) is 15.2 Å². The summed E-state index contributed by atoms with van der Waals surface area (Å²) in [6, 6.07) is 11.1. The summed E-state index contributed by atoms with van der Waals surface area (Å²) >= 11 is 17.8. The minimum Gasteiger partial charge on any atom is -0.261 e. The predicted octanol–water partition coefficient (Wildman–Crippen LogP) is 4.39. The van der Waals surface area contributed by atoms with Gasteiger partial charge in [-0.2, -0.15) is 0 Å². The Kier molecular flexibility index (Phi) is 4.33. The van der Waals surface area contributed by atoms with E-state index in [1.165, 1.54) is 18.2 Å². The van der Waals surface area contributed by atoms with Gasteiger partial charge in [0.15, 0.2) is 11.0 Å². The number of benzene rings is 2. The molecule has 1 N–H and O–H groups in total.